The summed E-state index contributed by atoms with van der Waals surface area (Å²) in [5, 5.41) is 2.67. The topological polar surface area (TPSA) is 58.6 Å². The van der Waals surface area contributed by atoms with E-state index in [4.69, 9.17) is 4.74 Å². The van der Waals surface area contributed by atoms with Gasteiger partial charge in [-0.25, -0.2) is 4.79 Å². The van der Waals surface area contributed by atoms with E-state index in [1.54, 1.807) is 7.11 Å². The van der Waals surface area contributed by atoms with Crippen molar-refractivity contribution in [3.63, 3.8) is 0 Å². The van der Waals surface area contributed by atoms with Crippen LogP contribution in [-0.2, 0) is 4.79 Å². The van der Waals surface area contributed by atoms with Crippen molar-refractivity contribution in [1.29, 1.82) is 0 Å². The maximum Gasteiger partial charge on any atom is 0.324 e. The molecule has 0 saturated carbocycles. The molecule has 1 aromatic rings. The van der Waals surface area contributed by atoms with Crippen LogP contribution in [0.2, 0.25) is 0 Å². The van der Waals surface area contributed by atoms with Crippen molar-refractivity contribution >= 4 is 18.0 Å². The number of carbonyl (C=O) groups is 2. The maximum atomic E-state index is 11.9. The lowest BCUT2D eigenvalue weighted by Gasteiger charge is -2.10. The third-order valence-electron chi connectivity index (χ3n) is 3.44. The number of urea groups is 1. The molecule has 1 saturated heterocycles. The lowest BCUT2D eigenvalue weighted by Crippen LogP contribution is -2.32. The average molecular weight is 288 g/mol. The molecule has 0 radical (unpaired) electrons. The van der Waals surface area contributed by atoms with E-state index >= 15 is 0 Å². The number of imide groups is 1. The van der Waals surface area contributed by atoms with Crippen LogP contribution >= 0.6 is 0 Å². The molecule has 5 nitrogen and oxygen atoms in total. The van der Waals surface area contributed by atoms with Crippen LogP contribution in [0.1, 0.15) is 25.3 Å². The Morgan fingerprint density at radius 3 is 2.86 bits per heavy atom. The van der Waals surface area contributed by atoms with Gasteiger partial charge in [0.05, 0.1) is 7.11 Å². The molecule has 1 aliphatic rings. The van der Waals surface area contributed by atoms with E-state index in [2.05, 4.69) is 5.32 Å². The first-order valence-corrected chi connectivity index (χ1v) is 7.08. The van der Waals surface area contributed by atoms with Crippen LogP contribution in [0.25, 0.3) is 6.08 Å². The molecule has 0 unspecified atom stereocenters. The zero-order valence-corrected chi connectivity index (χ0v) is 12.3. The molecule has 1 atom stereocenters. The zero-order valence-electron chi connectivity index (χ0n) is 12.3. The Kier molecular flexibility index (Phi) is 4.98. The van der Waals surface area contributed by atoms with Gasteiger partial charge in [0, 0.05) is 6.54 Å². The molecular weight excluding hydrogens is 268 g/mol. The number of benzene rings is 1. The van der Waals surface area contributed by atoms with E-state index in [0.29, 0.717) is 19.4 Å². The van der Waals surface area contributed by atoms with Gasteiger partial charge in [-0.1, -0.05) is 31.2 Å². The van der Waals surface area contributed by atoms with Gasteiger partial charge in [-0.15, -0.1) is 0 Å². The Labute approximate surface area is 124 Å². The van der Waals surface area contributed by atoms with E-state index in [0.717, 1.165) is 11.3 Å². The smallest absolute Gasteiger partial charge is 0.324 e. The van der Waals surface area contributed by atoms with E-state index in [1.165, 1.54) is 4.90 Å². The molecule has 3 amide bonds. The second-order valence-electron chi connectivity index (χ2n) is 4.87. The molecule has 1 aromatic carbocycles. The van der Waals surface area contributed by atoms with Gasteiger partial charge in [0.1, 0.15) is 11.8 Å². The van der Waals surface area contributed by atoms with Gasteiger partial charge in [-0.3, -0.25) is 9.69 Å². The fourth-order valence-corrected chi connectivity index (χ4v) is 2.23. The van der Waals surface area contributed by atoms with Crippen molar-refractivity contribution in [3.8, 4) is 5.75 Å². The van der Waals surface area contributed by atoms with Gasteiger partial charge in [0.15, 0.2) is 0 Å². The lowest BCUT2D eigenvalue weighted by molar-refractivity contribution is -0.127. The highest BCUT2D eigenvalue weighted by atomic mass is 16.5. The van der Waals surface area contributed by atoms with Crippen LogP contribution in [0.15, 0.2) is 30.3 Å². The van der Waals surface area contributed by atoms with Crippen LogP contribution < -0.4 is 10.1 Å². The van der Waals surface area contributed by atoms with E-state index in [1.807, 2.05) is 43.3 Å². The summed E-state index contributed by atoms with van der Waals surface area (Å²) in [5.74, 6) is 0.675. The Morgan fingerprint density at radius 2 is 2.19 bits per heavy atom. The molecule has 5 heteroatoms. The van der Waals surface area contributed by atoms with Gasteiger partial charge >= 0.3 is 6.03 Å². The minimum Gasteiger partial charge on any atom is -0.497 e. The molecule has 1 heterocycles. The molecule has 0 bridgehead atoms. The minimum absolute atomic E-state index is 0.128. The van der Waals surface area contributed by atoms with Gasteiger partial charge < -0.3 is 10.1 Å². The van der Waals surface area contributed by atoms with E-state index in [9.17, 15) is 9.59 Å². The molecule has 21 heavy (non-hydrogen) atoms. The van der Waals surface area contributed by atoms with Crippen LogP contribution in [0.4, 0.5) is 4.79 Å². The summed E-state index contributed by atoms with van der Waals surface area (Å²) in [7, 11) is 1.63. The van der Waals surface area contributed by atoms with Crippen LogP contribution in [0.5, 0.6) is 5.75 Å². The highest BCUT2D eigenvalue weighted by molar-refractivity contribution is 6.04. The largest absolute Gasteiger partial charge is 0.497 e. The zero-order chi connectivity index (χ0) is 15.2. The summed E-state index contributed by atoms with van der Waals surface area (Å²) >= 11 is 0. The van der Waals surface area contributed by atoms with Crippen molar-refractivity contribution in [2.75, 3.05) is 13.7 Å². The summed E-state index contributed by atoms with van der Waals surface area (Å²) in [4.78, 5) is 24.8. The van der Waals surface area contributed by atoms with E-state index in [-0.39, 0.29) is 18.0 Å². The fourth-order valence-electron chi connectivity index (χ4n) is 2.23. The SMILES string of the molecule is CC[C@H]1NC(=O)N(CC/C=C/c2cccc(OC)c2)C1=O. The quantitative estimate of drug-likeness (QED) is 0.818. The van der Waals surface area contributed by atoms with Crippen molar-refractivity contribution in [2.24, 2.45) is 0 Å². The Hall–Kier alpha value is -2.30. The number of nitrogens with one attached hydrogen (secondary N) is 1. The Balaban J connectivity index is 1.87. The highest BCUT2D eigenvalue weighted by Gasteiger charge is 2.35. The van der Waals surface area contributed by atoms with Crippen LogP contribution in [-0.4, -0.2) is 36.5 Å². The number of ether oxygens (including phenoxy) is 1. The molecule has 0 aromatic heterocycles. The molecule has 0 spiro atoms. The second kappa shape index (κ2) is 6.92. The monoisotopic (exact) mass is 288 g/mol. The molecule has 1 fully saturated rings. The lowest BCUT2D eigenvalue weighted by atomic mass is 10.2. The van der Waals surface area contributed by atoms with Gasteiger partial charge in [0.2, 0.25) is 0 Å². The highest BCUT2D eigenvalue weighted by Crippen LogP contribution is 2.14. The predicted molar refractivity (Wildman–Crippen MR) is 81.0 cm³/mol. The first-order valence-electron chi connectivity index (χ1n) is 7.08. The molecular formula is C16H20N2O3. The van der Waals surface area contributed by atoms with E-state index < -0.39 is 0 Å². The van der Waals surface area contributed by atoms with Crippen molar-refractivity contribution in [1.82, 2.24) is 10.2 Å². The Morgan fingerprint density at radius 1 is 1.38 bits per heavy atom. The van der Waals surface area contributed by atoms with Gasteiger partial charge in [0.25, 0.3) is 5.91 Å². The van der Waals surface area contributed by atoms with Crippen molar-refractivity contribution in [3.05, 3.63) is 35.9 Å². The number of rotatable bonds is 6. The Bertz CT molecular complexity index is 554. The normalized spacial score (nSPS) is 18.4. The van der Waals surface area contributed by atoms with Gasteiger partial charge in [-0.2, -0.15) is 0 Å². The minimum atomic E-state index is -0.361. The summed E-state index contributed by atoms with van der Waals surface area (Å²) in [5.41, 5.74) is 1.03. The number of amides is 3. The third kappa shape index (κ3) is 3.62. The number of hydrogen-bond acceptors (Lipinski definition) is 3. The first-order chi connectivity index (χ1) is 10.2. The maximum absolute atomic E-state index is 11.9. The van der Waals surface area contributed by atoms with Crippen molar-refractivity contribution in [2.45, 2.75) is 25.8 Å². The fraction of sp³-hybridized carbons (Fsp3) is 0.375. The average Bonchev–Trinajstić information content (AvgIpc) is 2.78. The second-order valence-corrected chi connectivity index (χ2v) is 4.87. The number of nitrogens with zero attached hydrogens (tertiary/aromatic N) is 1. The van der Waals surface area contributed by atoms with Gasteiger partial charge in [-0.05, 0) is 30.5 Å². The van der Waals surface area contributed by atoms with Crippen LogP contribution in [0, 0.1) is 0 Å². The summed E-state index contributed by atoms with van der Waals surface area (Å²) < 4.78 is 5.16. The summed E-state index contributed by atoms with van der Waals surface area (Å²) in [6.45, 7) is 2.29. The number of methoxy groups -OCH3 is 1. The van der Waals surface area contributed by atoms with Crippen molar-refractivity contribution < 1.29 is 14.3 Å². The number of carbonyl (C=O) groups excluding carboxylic acids is 2. The van der Waals surface area contributed by atoms with Crippen LogP contribution in [0.3, 0.4) is 0 Å². The molecule has 2 rings (SSSR count). The molecule has 1 aliphatic heterocycles. The molecule has 112 valence electrons. The third-order valence-corrected chi connectivity index (χ3v) is 3.44. The summed E-state index contributed by atoms with van der Waals surface area (Å²) in [6, 6.07) is 7.05. The molecule has 1 N–H and O–H groups in total. The predicted octanol–water partition coefficient (Wildman–Crippen LogP) is 2.43. The first kappa shape index (κ1) is 15.1. The summed E-state index contributed by atoms with van der Waals surface area (Å²) in [6.07, 6.45) is 5.17. The number of hydrogen-bond donors (Lipinski definition) is 1. The standard InChI is InChI=1S/C16H20N2O3/c1-3-14-15(19)18(16(20)17-14)10-5-4-7-12-8-6-9-13(11-12)21-2/h4,6-9,11,14H,3,5,10H2,1-2H3,(H,17,20)/b7-4+/t14-/m1/s1. The molecule has 0 aliphatic carbocycles.